The number of carbonyl (C=O) groups is 1. The molecular formula is C16H19NO4S. The second-order valence-electron chi connectivity index (χ2n) is 4.49. The van der Waals surface area contributed by atoms with E-state index in [2.05, 4.69) is 23.2 Å². The number of esters is 1. The Bertz CT molecular complexity index is 696. The monoisotopic (exact) mass is 321 g/mol. The minimum Gasteiger partial charge on any atom is -0.468 e. The number of methoxy groups -OCH3 is 1. The number of benzene rings is 1. The number of carbonyl (C=O) groups excluding carboxylic acids is 1. The summed E-state index contributed by atoms with van der Waals surface area (Å²) in [6.45, 7) is 6.85. The SMILES string of the molecule is C=CC(C(=O)OC)N(CC#CC)S(=O)(=O)c1ccc(C)cc1. The van der Waals surface area contributed by atoms with Crippen LogP contribution in [-0.4, -0.2) is 38.4 Å². The van der Waals surface area contributed by atoms with Crippen LogP contribution in [0.5, 0.6) is 0 Å². The first kappa shape index (κ1) is 18.0. The maximum Gasteiger partial charge on any atom is 0.328 e. The van der Waals surface area contributed by atoms with Crippen molar-refractivity contribution >= 4 is 16.0 Å². The molecule has 5 nitrogen and oxygen atoms in total. The van der Waals surface area contributed by atoms with Crippen molar-refractivity contribution in [3.05, 3.63) is 42.5 Å². The first-order valence-corrected chi connectivity index (χ1v) is 8.01. The molecule has 0 spiro atoms. The lowest BCUT2D eigenvalue weighted by molar-refractivity contribution is -0.143. The third-order valence-corrected chi connectivity index (χ3v) is 4.86. The Kier molecular flexibility index (Phi) is 6.35. The van der Waals surface area contributed by atoms with E-state index in [-0.39, 0.29) is 11.4 Å². The van der Waals surface area contributed by atoms with Gasteiger partial charge in [0.2, 0.25) is 10.0 Å². The van der Waals surface area contributed by atoms with Crippen LogP contribution in [0.1, 0.15) is 12.5 Å². The molecule has 1 unspecified atom stereocenters. The zero-order valence-corrected chi connectivity index (χ0v) is 13.7. The largest absolute Gasteiger partial charge is 0.468 e. The highest BCUT2D eigenvalue weighted by Gasteiger charge is 2.34. The van der Waals surface area contributed by atoms with Gasteiger partial charge in [0.15, 0.2) is 0 Å². The van der Waals surface area contributed by atoms with E-state index in [0.717, 1.165) is 9.87 Å². The molecule has 0 aliphatic heterocycles. The molecule has 0 saturated carbocycles. The summed E-state index contributed by atoms with van der Waals surface area (Å²) in [7, 11) is -2.70. The third-order valence-electron chi connectivity index (χ3n) is 3.02. The van der Waals surface area contributed by atoms with Gasteiger partial charge in [0, 0.05) is 0 Å². The number of rotatable bonds is 6. The number of hydrogen-bond acceptors (Lipinski definition) is 4. The standard InChI is InChI=1S/C16H19NO4S/c1-5-7-12-17(15(6-2)16(18)21-4)22(19,20)14-10-8-13(3)9-11-14/h6,8-11,15H,2,12H2,1,3-4H3. The number of sulfonamides is 1. The molecule has 1 aromatic carbocycles. The van der Waals surface area contributed by atoms with Crippen LogP contribution < -0.4 is 0 Å². The normalized spacial score (nSPS) is 12.2. The lowest BCUT2D eigenvalue weighted by Gasteiger charge is -2.25. The predicted molar refractivity (Wildman–Crippen MR) is 84.5 cm³/mol. The van der Waals surface area contributed by atoms with Crippen LogP contribution in [0.25, 0.3) is 0 Å². The minimum atomic E-state index is -3.90. The Balaban J connectivity index is 3.35. The molecule has 0 heterocycles. The first-order valence-electron chi connectivity index (χ1n) is 6.57. The highest BCUT2D eigenvalue weighted by Crippen LogP contribution is 2.19. The Morgan fingerprint density at radius 3 is 2.45 bits per heavy atom. The highest BCUT2D eigenvalue weighted by atomic mass is 32.2. The molecule has 1 rings (SSSR count). The molecule has 6 heteroatoms. The van der Waals surface area contributed by atoms with Gasteiger partial charge < -0.3 is 4.74 Å². The number of hydrogen-bond donors (Lipinski definition) is 0. The lowest BCUT2D eigenvalue weighted by Crippen LogP contribution is -2.44. The number of aryl methyl sites for hydroxylation is 1. The van der Waals surface area contributed by atoms with Gasteiger partial charge in [0.1, 0.15) is 6.04 Å². The number of nitrogens with zero attached hydrogens (tertiary/aromatic N) is 1. The second-order valence-corrected chi connectivity index (χ2v) is 6.38. The van der Waals surface area contributed by atoms with E-state index in [1.54, 1.807) is 19.1 Å². The second kappa shape index (κ2) is 7.78. The van der Waals surface area contributed by atoms with Gasteiger partial charge in [0.25, 0.3) is 0 Å². The van der Waals surface area contributed by atoms with E-state index in [0.29, 0.717) is 0 Å². The Labute approximate surface area is 131 Å². The zero-order chi connectivity index (χ0) is 16.8. The summed E-state index contributed by atoms with van der Waals surface area (Å²) in [6, 6.07) is 5.25. The fraction of sp³-hybridized carbons (Fsp3) is 0.312. The van der Waals surface area contributed by atoms with Gasteiger partial charge in [0.05, 0.1) is 18.6 Å². The third kappa shape index (κ3) is 3.97. The summed E-state index contributed by atoms with van der Waals surface area (Å²) in [5.41, 5.74) is 0.937. The van der Waals surface area contributed by atoms with Gasteiger partial charge in [-0.3, -0.25) is 0 Å². The summed E-state index contributed by atoms with van der Waals surface area (Å²) in [5, 5.41) is 0. The molecule has 0 amide bonds. The molecule has 0 aliphatic carbocycles. The van der Waals surface area contributed by atoms with E-state index in [1.807, 2.05) is 6.92 Å². The molecular weight excluding hydrogens is 302 g/mol. The average molecular weight is 321 g/mol. The van der Waals surface area contributed by atoms with Gasteiger partial charge in [-0.2, -0.15) is 4.31 Å². The van der Waals surface area contributed by atoms with Crippen LogP contribution in [0, 0.1) is 18.8 Å². The maximum atomic E-state index is 12.8. The smallest absolute Gasteiger partial charge is 0.328 e. The molecule has 22 heavy (non-hydrogen) atoms. The molecule has 0 aliphatic rings. The molecule has 1 atom stereocenters. The summed E-state index contributed by atoms with van der Waals surface area (Å²) >= 11 is 0. The van der Waals surface area contributed by atoms with Gasteiger partial charge in [-0.05, 0) is 26.0 Å². The zero-order valence-electron chi connectivity index (χ0n) is 12.9. The Morgan fingerprint density at radius 2 is 2.00 bits per heavy atom. The van der Waals surface area contributed by atoms with E-state index in [4.69, 9.17) is 0 Å². The molecule has 0 N–H and O–H groups in total. The van der Waals surface area contributed by atoms with Crippen molar-refractivity contribution in [1.82, 2.24) is 4.31 Å². The van der Waals surface area contributed by atoms with Gasteiger partial charge in [-0.25, -0.2) is 13.2 Å². The van der Waals surface area contributed by atoms with Crippen molar-refractivity contribution in [3.8, 4) is 11.8 Å². The molecule has 0 bridgehead atoms. The lowest BCUT2D eigenvalue weighted by atomic mass is 10.2. The topological polar surface area (TPSA) is 63.7 Å². The van der Waals surface area contributed by atoms with Crippen LogP contribution >= 0.6 is 0 Å². The summed E-state index contributed by atoms with van der Waals surface area (Å²) in [4.78, 5) is 11.9. The average Bonchev–Trinajstić information content (AvgIpc) is 2.51. The molecule has 0 aromatic heterocycles. The fourth-order valence-electron chi connectivity index (χ4n) is 1.79. The van der Waals surface area contributed by atoms with E-state index >= 15 is 0 Å². The van der Waals surface area contributed by atoms with E-state index < -0.39 is 22.0 Å². The Morgan fingerprint density at radius 1 is 1.41 bits per heavy atom. The van der Waals surface area contributed by atoms with Crippen molar-refractivity contribution in [2.75, 3.05) is 13.7 Å². The van der Waals surface area contributed by atoms with Gasteiger partial charge in [-0.15, -0.1) is 12.5 Å². The molecule has 0 radical (unpaired) electrons. The van der Waals surface area contributed by atoms with Crippen LogP contribution in [0.2, 0.25) is 0 Å². The summed E-state index contributed by atoms with van der Waals surface area (Å²) in [5.74, 6) is 4.59. The van der Waals surface area contributed by atoms with Crippen LogP contribution in [-0.2, 0) is 19.6 Å². The summed E-state index contributed by atoms with van der Waals surface area (Å²) < 4.78 is 31.2. The van der Waals surface area contributed by atoms with Crippen LogP contribution in [0.15, 0.2) is 41.8 Å². The number of ether oxygens (including phenoxy) is 1. The molecule has 0 saturated heterocycles. The molecule has 118 valence electrons. The van der Waals surface area contributed by atoms with Crippen LogP contribution in [0.4, 0.5) is 0 Å². The van der Waals surface area contributed by atoms with Crippen molar-refractivity contribution in [2.24, 2.45) is 0 Å². The van der Waals surface area contributed by atoms with Gasteiger partial charge >= 0.3 is 5.97 Å². The van der Waals surface area contributed by atoms with E-state index in [1.165, 1.54) is 25.3 Å². The van der Waals surface area contributed by atoms with Gasteiger partial charge in [-0.1, -0.05) is 29.7 Å². The van der Waals surface area contributed by atoms with Crippen molar-refractivity contribution < 1.29 is 17.9 Å². The van der Waals surface area contributed by atoms with Crippen molar-refractivity contribution in [1.29, 1.82) is 0 Å². The Hall–Kier alpha value is -2.10. The summed E-state index contributed by atoms with van der Waals surface area (Å²) in [6.07, 6.45) is 1.23. The molecule has 0 fully saturated rings. The quantitative estimate of drug-likeness (QED) is 0.455. The first-order chi connectivity index (χ1) is 10.4. The highest BCUT2D eigenvalue weighted by molar-refractivity contribution is 7.89. The maximum absolute atomic E-state index is 12.8. The van der Waals surface area contributed by atoms with Crippen molar-refractivity contribution in [3.63, 3.8) is 0 Å². The van der Waals surface area contributed by atoms with E-state index in [9.17, 15) is 13.2 Å². The van der Waals surface area contributed by atoms with Crippen molar-refractivity contribution in [2.45, 2.75) is 24.8 Å². The molecule has 1 aromatic rings. The minimum absolute atomic E-state index is 0.0896. The van der Waals surface area contributed by atoms with Crippen LogP contribution in [0.3, 0.4) is 0 Å². The predicted octanol–water partition coefficient (Wildman–Crippen LogP) is 1.74. The fourth-order valence-corrected chi connectivity index (χ4v) is 3.24.